The van der Waals surface area contributed by atoms with Gasteiger partial charge in [-0.25, -0.2) is 0 Å². The maximum absolute atomic E-state index is 13.1. The molecule has 0 aromatic heterocycles. The van der Waals surface area contributed by atoms with E-state index in [0.29, 0.717) is 11.5 Å². The van der Waals surface area contributed by atoms with Crippen molar-refractivity contribution in [2.75, 3.05) is 12.4 Å². The fraction of sp³-hybridized carbons (Fsp3) is 0.190. The Balaban J connectivity index is 1.75. The highest BCUT2D eigenvalue weighted by molar-refractivity contribution is 5.95. The summed E-state index contributed by atoms with van der Waals surface area (Å²) in [5.74, 6) is 0.425. The van der Waals surface area contributed by atoms with E-state index in [4.69, 9.17) is 9.47 Å². The molecule has 1 unspecified atom stereocenters. The van der Waals surface area contributed by atoms with Gasteiger partial charge in [-0.3, -0.25) is 4.79 Å². The van der Waals surface area contributed by atoms with Crippen molar-refractivity contribution in [1.29, 1.82) is 0 Å². The molecular formula is C21H18F3NO3. The number of anilines is 1. The van der Waals surface area contributed by atoms with Crippen molar-refractivity contribution in [3.8, 4) is 11.5 Å². The molecule has 4 nitrogen and oxygen atoms in total. The Bertz CT molecular complexity index is 1000. The number of para-hydroxylation sites is 1. The van der Waals surface area contributed by atoms with Gasteiger partial charge in [0.25, 0.3) is 5.91 Å². The van der Waals surface area contributed by atoms with Gasteiger partial charge in [0.1, 0.15) is 11.5 Å². The van der Waals surface area contributed by atoms with Gasteiger partial charge in [0.2, 0.25) is 0 Å². The molecule has 1 amide bonds. The molecule has 0 aliphatic heterocycles. The van der Waals surface area contributed by atoms with Gasteiger partial charge in [-0.1, -0.05) is 24.3 Å². The summed E-state index contributed by atoms with van der Waals surface area (Å²) in [4.78, 5) is 12.3. The van der Waals surface area contributed by atoms with E-state index in [1.165, 1.54) is 25.1 Å². The molecule has 0 aliphatic rings. The number of carbonyl (C=O) groups is 1. The third kappa shape index (κ3) is 4.36. The minimum Gasteiger partial charge on any atom is -0.497 e. The zero-order valence-corrected chi connectivity index (χ0v) is 15.2. The Labute approximate surface area is 159 Å². The van der Waals surface area contributed by atoms with Gasteiger partial charge in [-0.05, 0) is 54.1 Å². The number of hydrogen-bond donors (Lipinski definition) is 1. The Hall–Kier alpha value is -3.22. The van der Waals surface area contributed by atoms with Crippen LogP contribution >= 0.6 is 0 Å². The molecule has 1 N–H and O–H groups in total. The Kier molecular flexibility index (Phi) is 5.44. The van der Waals surface area contributed by atoms with Gasteiger partial charge in [0, 0.05) is 0 Å². The quantitative estimate of drug-likeness (QED) is 0.646. The molecular weight excluding hydrogens is 371 g/mol. The Morgan fingerprint density at radius 2 is 1.61 bits per heavy atom. The number of nitrogens with one attached hydrogen (secondary N) is 1. The van der Waals surface area contributed by atoms with Crippen molar-refractivity contribution in [2.24, 2.45) is 0 Å². The molecule has 0 fully saturated rings. The van der Waals surface area contributed by atoms with Crippen LogP contribution in [0.1, 0.15) is 12.5 Å². The third-order valence-corrected chi connectivity index (χ3v) is 4.19. The monoisotopic (exact) mass is 389 g/mol. The Morgan fingerprint density at radius 3 is 2.29 bits per heavy atom. The summed E-state index contributed by atoms with van der Waals surface area (Å²) < 4.78 is 50.0. The second kappa shape index (κ2) is 7.80. The van der Waals surface area contributed by atoms with Gasteiger partial charge in [0.15, 0.2) is 6.10 Å². The summed E-state index contributed by atoms with van der Waals surface area (Å²) >= 11 is 0. The van der Waals surface area contributed by atoms with E-state index in [2.05, 4.69) is 5.32 Å². The first-order chi connectivity index (χ1) is 13.3. The summed E-state index contributed by atoms with van der Waals surface area (Å²) in [6.07, 6.45) is -5.56. The number of ether oxygens (including phenoxy) is 2. The normalized spacial score (nSPS) is 12.5. The van der Waals surface area contributed by atoms with Gasteiger partial charge in [-0.15, -0.1) is 0 Å². The van der Waals surface area contributed by atoms with E-state index in [1.54, 1.807) is 19.2 Å². The molecule has 0 aliphatic carbocycles. The minimum absolute atomic E-state index is 0.307. The van der Waals surface area contributed by atoms with Crippen molar-refractivity contribution >= 4 is 22.4 Å². The number of hydrogen-bond acceptors (Lipinski definition) is 3. The minimum atomic E-state index is -4.56. The SMILES string of the molecule is COc1ccc2ccc(OC(C)C(=O)Nc3ccccc3C(F)(F)F)cc2c1. The number of halogens is 3. The van der Waals surface area contributed by atoms with Crippen LogP contribution in [0, 0.1) is 0 Å². The van der Waals surface area contributed by atoms with Crippen LogP contribution in [0.15, 0.2) is 60.7 Å². The molecule has 3 aromatic rings. The lowest BCUT2D eigenvalue weighted by Gasteiger charge is -2.17. The topological polar surface area (TPSA) is 47.6 Å². The van der Waals surface area contributed by atoms with Crippen LogP contribution in [0.3, 0.4) is 0 Å². The first kappa shape index (κ1) is 19.5. The number of benzene rings is 3. The molecule has 0 saturated carbocycles. The van der Waals surface area contributed by atoms with Gasteiger partial charge in [0.05, 0.1) is 18.4 Å². The number of alkyl halides is 3. The second-order valence-electron chi connectivity index (χ2n) is 6.17. The molecule has 28 heavy (non-hydrogen) atoms. The lowest BCUT2D eigenvalue weighted by molar-refractivity contribution is -0.137. The number of fused-ring (bicyclic) bond motifs is 1. The first-order valence-corrected chi connectivity index (χ1v) is 8.49. The van der Waals surface area contributed by atoms with Crippen molar-refractivity contribution in [3.05, 3.63) is 66.2 Å². The highest BCUT2D eigenvalue weighted by Crippen LogP contribution is 2.34. The fourth-order valence-corrected chi connectivity index (χ4v) is 2.73. The summed E-state index contributed by atoms with van der Waals surface area (Å²) in [5, 5.41) is 4.10. The largest absolute Gasteiger partial charge is 0.497 e. The number of carbonyl (C=O) groups excluding carboxylic acids is 1. The molecule has 0 saturated heterocycles. The summed E-state index contributed by atoms with van der Waals surface area (Å²) in [5.41, 5.74) is -1.22. The highest BCUT2D eigenvalue weighted by atomic mass is 19.4. The van der Waals surface area contributed by atoms with E-state index in [9.17, 15) is 18.0 Å². The average molecular weight is 389 g/mol. The standard InChI is InChI=1S/C21H18F3NO3/c1-13(20(26)25-19-6-4-3-5-18(19)21(22,23)24)28-17-10-8-14-7-9-16(27-2)11-15(14)12-17/h3-13H,1-2H3,(H,25,26). The van der Waals surface area contributed by atoms with Crippen molar-refractivity contribution in [1.82, 2.24) is 0 Å². The molecule has 0 radical (unpaired) electrons. The average Bonchev–Trinajstić information content (AvgIpc) is 2.66. The van der Waals surface area contributed by atoms with Crippen LogP contribution in [-0.2, 0) is 11.0 Å². The lowest BCUT2D eigenvalue weighted by atomic mass is 10.1. The molecule has 3 rings (SSSR count). The van der Waals surface area contributed by atoms with Crippen molar-refractivity contribution in [3.63, 3.8) is 0 Å². The van der Waals surface area contributed by atoms with Crippen molar-refractivity contribution in [2.45, 2.75) is 19.2 Å². The third-order valence-electron chi connectivity index (χ3n) is 4.19. The second-order valence-corrected chi connectivity index (χ2v) is 6.17. The molecule has 7 heteroatoms. The van der Waals surface area contributed by atoms with E-state index < -0.39 is 23.8 Å². The fourth-order valence-electron chi connectivity index (χ4n) is 2.73. The van der Waals surface area contributed by atoms with Crippen LogP contribution in [0.4, 0.5) is 18.9 Å². The first-order valence-electron chi connectivity index (χ1n) is 8.49. The van der Waals surface area contributed by atoms with E-state index >= 15 is 0 Å². The van der Waals surface area contributed by atoms with Crippen LogP contribution in [0.25, 0.3) is 10.8 Å². The maximum atomic E-state index is 13.1. The highest BCUT2D eigenvalue weighted by Gasteiger charge is 2.34. The van der Waals surface area contributed by atoms with Crippen LogP contribution in [0.5, 0.6) is 11.5 Å². The van der Waals surface area contributed by atoms with Gasteiger partial charge < -0.3 is 14.8 Å². The molecule has 1 atom stereocenters. The van der Waals surface area contributed by atoms with Gasteiger partial charge >= 0.3 is 6.18 Å². The van der Waals surface area contributed by atoms with Crippen molar-refractivity contribution < 1.29 is 27.4 Å². The lowest BCUT2D eigenvalue weighted by Crippen LogP contribution is -2.31. The summed E-state index contributed by atoms with van der Waals surface area (Å²) in [6.45, 7) is 1.47. The number of methoxy groups -OCH3 is 1. The van der Waals surface area contributed by atoms with E-state index in [1.807, 2.05) is 24.3 Å². The van der Waals surface area contributed by atoms with Crippen LogP contribution < -0.4 is 14.8 Å². The molecule has 0 spiro atoms. The number of rotatable bonds is 5. The molecule has 0 bridgehead atoms. The zero-order chi connectivity index (χ0) is 20.3. The Morgan fingerprint density at radius 1 is 0.964 bits per heavy atom. The van der Waals surface area contributed by atoms with E-state index in [-0.39, 0.29) is 5.69 Å². The number of amides is 1. The van der Waals surface area contributed by atoms with Crippen LogP contribution in [-0.4, -0.2) is 19.1 Å². The molecule has 146 valence electrons. The summed E-state index contributed by atoms with van der Waals surface area (Å²) in [7, 11) is 1.56. The molecule has 0 heterocycles. The summed E-state index contributed by atoms with van der Waals surface area (Å²) in [6, 6.07) is 15.6. The smallest absolute Gasteiger partial charge is 0.418 e. The predicted octanol–water partition coefficient (Wildman–Crippen LogP) is 5.27. The van der Waals surface area contributed by atoms with Gasteiger partial charge in [-0.2, -0.15) is 13.2 Å². The van der Waals surface area contributed by atoms with E-state index in [0.717, 1.165) is 16.8 Å². The predicted molar refractivity (Wildman–Crippen MR) is 101 cm³/mol. The van der Waals surface area contributed by atoms with Crippen LogP contribution in [0.2, 0.25) is 0 Å². The molecule has 3 aromatic carbocycles. The zero-order valence-electron chi connectivity index (χ0n) is 15.2. The maximum Gasteiger partial charge on any atom is 0.418 e.